The van der Waals surface area contributed by atoms with E-state index >= 15 is 0 Å². The Labute approximate surface area is 141 Å². The van der Waals surface area contributed by atoms with Gasteiger partial charge in [0.15, 0.2) is 0 Å². The van der Waals surface area contributed by atoms with Crippen LogP contribution in [0.2, 0.25) is 0 Å². The zero-order valence-electron chi connectivity index (χ0n) is 13.3. The van der Waals surface area contributed by atoms with Crippen molar-refractivity contribution in [2.24, 2.45) is 0 Å². The van der Waals surface area contributed by atoms with E-state index < -0.39 is 5.79 Å². The number of hydrogen-bond acceptors (Lipinski definition) is 3. The molecule has 24 heavy (non-hydrogen) atoms. The quantitative estimate of drug-likeness (QED) is 0.601. The molecule has 1 aliphatic heterocycles. The van der Waals surface area contributed by atoms with Gasteiger partial charge in [-0.15, -0.1) is 0 Å². The summed E-state index contributed by atoms with van der Waals surface area (Å²) >= 11 is 0. The topological polar surface area (TPSA) is 35.5 Å². The number of rotatable bonds is 2. The van der Waals surface area contributed by atoms with E-state index in [9.17, 15) is 4.79 Å². The minimum Gasteiger partial charge on any atom is -0.447 e. The van der Waals surface area contributed by atoms with Gasteiger partial charge in [0.05, 0.1) is 0 Å². The Balaban J connectivity index is 1.89. The van der Waals surface area contributed by atoms with E-state index in [0.29, 0.717) is 17.8 Å². The Morgan fingerprint density at radius 1 is 0.833 bits per heavy atom. The van der Waals surface area contributed by atoms with Crippen molar-refractivity contribution in [2.45, 2.75) is 25.0 Å². The lowest BCUT2D eigenvalue weighted by atomic mass is 9.96. The third-order valence-electron chi connectivity index (χ3n) is 4.34. The zero-order chi connectivity index (χ0) is 16.4. The molecule has 2 aromatic carbocycles. The van der Waals surface area contributed by atoms with Crippen LogP contribution in [0.4, 0.5) is 0 Å². The van der Waals surface area contributed by atoms with Gasteiger partial charge in [-0.3, -0.25) is 0 Å². The molecule has 0 saturated heterocycles. The highest BCUT2D eigenvalue weighted by Gasteiger charge is 2.43. The van der Waals surface area contributed by atoms with Crippen LogP contribution in [0, 0.1) is 0 Å². The molecule has 0 aromatic heterocycles. The van der Waals surface area contributed by atoms with Gasteiger partial charge in [-0.05, 0) is 24.5 Å². The van der Waals surface area contributed by atoms with E-state index in [0.717, 1.165) is 24.0 Å². The van der Waals surface area contributed by atoms with Gasteiger partial charge in [0.1, 0.15) is 11.3 Å². The van der Waals surface area contributed by atoms with Crippen molar-refractivity contribution < 1.29 is 14.3 Å². The van der Waals surface area contributed by atoms with Crippen molar-refractivity contribution in [3.63, 3.8) is 0 Å². The van der Waals surface area contributed by atoms with Gasteiger partial charge < -0.3 is 9.47 Å². The van der Waals surface area contributed by atoms with Gasteiger partial charge in [-0.25, -0.2) is 4.79 Å². The molecule has 0 saturated carbocycles. The molecule has 2 aromatic rings. The average Bonchev–Trinajstić information content (AvgIpc) is 2.63. The summed E-state index contributed by atoms with van der Waals surface area (Å²) in [5.41, 5.74) is 2.16. The predicted octanol–water partition coefficient (Wildman–Crippen LogP) is 4.56. The van der Waals surface area contributed by atoms with Gasteiger partial charge in [-0.2, -0.15) is 0 Å². The number of carbonyl (C=O) groups excluding carboxylic acids is 1. The predicted molar refractivity (Wildman–Crippen MR) is 92.6 cm³/mol. The molecule has 4 rings (SSSR count). The molecule has 1 heterocycles. The number of carbonyl (C=O) groups is 1. The van der Waals surface area contributed by atoms with Crippen LogP contribution in [-0.2, 0) is 14.3 Å². The number of ether oxygens (including phenoxy) is 2. The summed E-state index contributed by atoms with van der Waals surface area (Å²) in [7, 11) is 0. The van der Waals surface area contributed by atoms with Crippen molar-refractivity contribution >= 4 is 17.3 Å². The molecule has 1 atom stereocenters. The molecule has 1 spiro atoms. The lowest BCUT2D eigenvalue weighted by molar-refractivity contribution is -0.190. The van der Waals surface area contributed by atoms with Gasteiger partial charge in [0.25, 0.3) is 5.79 Å². The monoisotopic (exact) mass is 318 g/mol. The molecule has 0 bridgehead atoms. The maximum Gasteiger partial charge on any atom is 0.346 e. The van der Waals surface area contributed by atoms with E-state index in [1.54, 1.807) is 0 Å². The first-order valence-electron chi connectivity index (χ1n) is 8.23. The number of benzene rings is 2. The first kappa shape index (κ1) is 14.8. The minimum absolute atomic E-state index is 0.335. The Morgan fingerprint density at radius 2 is 1.50 bits per heavy atom. The first-order chi connectivity index (χ1) is 11.8. The maximum absolute atomic E-state index is 12.9. The summed E-state index contributed by atoms with van der Waals surface area (Å²) in [6, 6.07) is 19.3. The Kier molecular flexibility index (Phi) is 3.69. The van der Waals surface area contributed by atoms with Gasteiger partial charge in [-0.1, -0.05) is 66.7 Å². The van der Waals surface area contributed by atoms with E-state index in [1.807, 2.05) is 72.8 Å². The van der Waals surface area contributed by atoms with Crippen LogP contribution in [0.5, 0.6) is 0 Å². The summed E-state index contributed by atoms with van der Waals surface area (Å²) in [6.07, 6.45) is 6.49. The van der Waals surface area contributed by atoms with Crippen LogP contribution < -0.4 is 0 Å². The first-order valence-corrected chi connectivity index (χ1v) is 8.23. The third-order valence-corrected chi connectivity index (χ3v) is 4.34. The van der Waals surface area contributed by atoms with Crippen LogP contribution >= 0.6 is 0 Å². The molecule has 3 nitrogen and oxygen atoms in total. The molecule has 2 aliphatic rings. The van der Waals surface area contributed by atoms with Crippen LogP contribution in [0.1, 0.15) is 30.4 Å². The van der Waals surface area contributed by atoms with Crippen LogP contribution in [0.25, 0.3) is 11.3 Å². The Morgan fingerprint density at radius 3 is 2.12 bits per heavy atom. The molecule has 120 valence electrons. The molecular weight excluding hydrogens is 300 g/mol. The van der Waals surface area contributed by atoms with Crippen molar-refractivity contribution in [1.29, 1.82) is 0 Å². The largest absolute Gasteiger partial charge is 0.447 e. The summed E-state index contributed by atoms with van der Waals surface area (Å²) < 4.78 is 12.0. The summed E-state index contributed by atoms with van der Waals surface area (Å²) in [5, 5.41) is 0. The molecule has 0 radical (unpaired) electrons. The van der Waals surface area contributed by atoms with Crippen LogP contribution in [0.3, 0.4) is 0 Å². The molecule has 3 heteroatoms. The van der Waals surface area contributed by atoms with Gasteiger partial charge >= 0.3 is 5.97 Å². The van der Waals surface area contributed by atoms with Crippen molar-refractivity contribution in [3.8, 4) is 0 Å². The second-order valence-electron chi connectivity index (χ2n) is 6.03. The van der Waals surface area contributed by atoms with E-state index in [4.69, 9.17) is 9.47 Å². The Hall–Kier alpha value is -2.81. The second-order valence-corrected chi connectivity index (χ2v) is 6.03. The molecular formula is C21H18O3. The summed E-state index contributed by atoms with van der Waals surface area (Å²) in [6.45, 7) is 0. The molecule has 1 aliphatic carbocycles. The highest BCUT2D eigenvalue weighted by atomic mass is 16.7. The van der Waals surface area contributed by atoms with Crippen molar-refractivity contribution in [2.75, 3.05) is 0 Å². The second kappa shape index (κ2) is 6.00. The standard InChI is InChI=1S/C21H18O3/c22-20-18(16-10-4-1-5-11-16)19(17-12-6-2-7-13-17)23-21(24-20)14-8-3-9-15-21/h1-2,4-8,10-14H,3,9,15H2. The SMILES string of the molecule is O=C1OC2(C=CCCC2)OC(c2ccccc2)=C1c1ccccc1. The van der Waals surface area contributed by atoms with E-state index in [1.165, 1.54) is 0 Å². The maximum atomic E-state index is 12.9. The Bertz CT molecular complexity index is 805. The number of esters is 1. The molecule has 0 amide bonds. The highest BCUT2D eigenvalue weighted by molar-refractivity contribution is 6.24. The lowest BCUT2D eigenvalue weighted by Crippen LogP contribution is -2.41. The number of allylic oxidation sites excluding steroid dienone is 1. The van der Waals surface area contributed by atoms with Crippen LogP contribution in [0.15, 0.2) is 72.8 Å². The fourth-order valence-corrected chi connectivity index (χ4v) is 3.17. The number of hydrogen-bond donors (Lipinski definition) is 0. The normalized spacial score (nSPS) is 23.1. The van der Waals surface area contributed by atoms with E-state index in [-0.39, 0.29) is 5.97 Å². The van der Waals surface area contributed by atoms with Crippen molar-refractivity contribution in [1.82, 2.24) is 0 Å². The summed E-state index contributed by atoms with van der Waals surface area (Å²) in [4.78, 5) is 12.9. The smallest absolute Gasteiger partial charge is 0.346 e. The van der Waals surface area contributed by atoms with Gasteiger partial charge in [0, 0.05) is 12.0 Å². The highest BCUT2D eigenvalue weighted by Crippen LogP contribution is 2.41. The zero-order valence-corrected chi connectivity index (χ0v) is 13.3. The fraction of sp³-hybridized carbons (Fsp3) is 0.190. The summed E-state index contributed by atoms with van der Waals surface area (Å²) in [5.74, 6) is -0.721. The third kappa shape index (κ3) is 2.62. The average molecular weight is 318 g/mol. The molecule has 1 unspecified atom stereocenters. The fourth-order valence-electron chi connectivity index (χ4n) is 3.17. The van der Waals surface area contributed by atoms with E-state index in [2.05, 4.69) is 0 Å². The molecule has 0 fully saturated rings. The minimum atomic E-state index is -0.973. The molecule has 0 N–H and O–H groups in total. The lowest BCUT2D eigenvalue weighted by Gasteiger charge is -2.38. The van der Waals surface area contributed by atoms with Crippen molar-refractivity contribution in [3.05, 3.63) is 83.9 Å². The van der Waals surface area contributed by atoms with Gasteiger partial charge in [0.2, 0.25) is 0 Å². The van der Waals surface area contributed by atoms with Crippen LogP contribution in [-0.4, -0.2) is 11.8 Å².